The maximum Gasteiger partial charge on any atom is 0.234 e. The molecule has 0 radical (unpaired) electrons. The lowest BCUT2D eigenvalue weighted by atomic mass is 10.2. The minimum atomic E-state index is -3.53. The highest BCUT2D eigenvalue weighted by atomic mass is 32.2. The first-order chi connectivity index (χ1) is 12.5. The molecule has 0 amide bonds. The Morgan fingerprint density at radius 2 is 1.62 bits per heavy atom. The number of sulfonamides is 1. The van der Waals surface area contributed by atoms with E-state index in [0.717, 1.165) is 28.2 Å². The lowest BCUT2D eigenvalue weighted by Gasteiger charge is -2.06. The van der Waals surface area contributed by atoms with Crippen LogP contribution in [0.15, 0.2) is 66.1 Å². The van der Waals surface area contributed by atoms with E-state index in [1.54, 1.807) is 6.08 Å². The number of nitrogens with zero attached hydrogens (tertiary/aromatic N) is 2. The molecule has 0 saturated carbocycles. The number of rotatable bonds is 6. The SMILES string of the molecule is Cc1nn(-c2ccccc2)c(C)c1CNS(=O)(=O)/C=C/c1ccccc1. The van der Waals surface area contributed by atoms with Crippen molar-refractivity contribution in [3.05, 3.63) is 88.6 Å². The van der Waals surface area contributed by atoms with Crippen LogP contribution in [0.3, 0.4) is 0 Å². The van der Waals surface area contributed by atoms with Gasteiger partial charge in [-0.3, -0.25) is 0 Å². The van der Waals surface area contributed by atoms with Crippen LogP contribution in [0.2, 0.25) is 0 Å². The van der Waals surface area contributed by atoms with E-state index in [4.69, 9.17) is 0 Å². The molecule has 0 spiro atoms. The van der Waals surface area contributed by atoms with E-state index >= 15 is 0 Å². The van der Waals surface area contributed by atoms with Crippen molar-refractivity contribution in [1.82, 2.24) is 14.5 Å². The summed E-state index contributed by atoms with van der Waals surface area (Å²) in [5.41, 5.74) is 4.39. The van der Waals surface area contributed by atoms with Crippen molar-refractivity contribution < 1.29 is 8.42 Å². The molecule has 5 nitrogen and oxygen atoms in total. The van der Waals surface area contributed by atoms with Gasteiger partial charge in [-0.2, -0.15) is 5.10 Å². The third-order valence-corrected chi connectivity index (χ3v) is 5.17. The Morgan fingerprint density at radius 1 is 1.00 bits per heavy atom. The summed E-state index contributed by atoms with van der Waals surface area (Å²) < 4.78 is 29.0. The smallest absolute Gasteiger partial charge is 0.234 e. The fraction of sp³-hybridized carbons (Fsp3) is 0.150. The Balaban J connectivity index is 1.75. The van der Waals surface area contributed by atoms with Crippen molar-refractivity contribution in [2.75, 3.05) is 0 Å². The zero-order valence-electron chi connectivity index (χ0n) is 14.8. The molecule has 1 aromatic heterocycles. The summed E-state index contributed by atoms with van der Waals surface area (Å²) in [5, 5.41) is 5.73. The minimum absolute atomic E-state index is 0.200. The maximum atomic E-state index is 12.3. The van der Waals surface area contributed by atoms with Crippen molar-refractivity contribution in [2.24, 2.45) is 0 Å². The second-order valence-electron chi connectivity index (χ2n) is 5.98. The van der Waals surface area contributed by atoms with Gasteiger partial charge in [0.1, 0.15) is 0 Å². The normalized spacial score (nSPS) is 11.9. The first-order valence-corrected chi connectivity index (χ1v) is 9.84. The molecule has 0 aliphatic rings. The topological polar surface area (TPSA) is 64.0 Å². The molecule has 0 aliphatic carbocycles. The molecule has 3 rings (SSSR count). The molecule has 1 heterocycles. The van der Waals surface area contributed by atoms with Gasteiger partial charge in [0.25, 0.3) is 0 Å². The maximum absolute atomic E-state index is 12.3. The molecule has 0 unspecified atom stereocenters. The standard InChI is InChI=1S/C20H21N3O2S/c1-16-20(17(2)23(22-16)19-11-7-4-8-12-19)15-21-26(24,25)14-13-18-9-5-3-6-10-18/h3-14,21H,15H2,1-2H3/b14-13+. The van der Waals surface area contributed by atoms with Gasteiger partial charge in [0, 0.05) is 23.2 Å². The largest absolute Gasteiger partial charge is 0.238 e. The van der Waals surface area contributed by atoms with Crippen molar-refractivity contribution in [3.63, 3.8) is 0 Å². The highest BCUT2D eigenvalue weighted by Crippen LogP contribution is 2.18. The third kappa shape index (κ3) is 4.28. The molecule has 0 fully saturated rings. The van der Waals surface area contributed by atoms with E-state index in [0.29, 0.717) is 0 Å². The molecule has 3 aromatic rings. The number of aryl methyl sites for hydroxylation is 1. The summed E-state index contributed by atoms with van der Waals surface area (Å²) in [6.45, 7) is 4.03. The van der Waals surface area contributed by atoms with Crippen LogP contribution >= 0.6 is 0 Å². The van der Waals surface area contributed by atoms with E-state index in [2.05, 4.69) is 9.82 Å². The summed E-state index contributed by atoms with van der Waals surface area (Å²) >= 11 is 0. The Kier molecular flexibility index (Phi) is 5.35. The van der Waals surface area contributed by atoms with Crippen LogP contribution in [0.5, 0.6) is 0 Å². The van der Waals surface area contributed by atoms with Crippen LogP contribution < -0.4 is 4.72 Å². The lowest BCUT2D eigenvalue weighted by Crippen LogP contribution is -2.21. The van der Waals surface area contributed by atoms with Crippen LogP contribution in [0.25, 0.3) is 11.8 Å². The number of hydrogen-bond donors (Lipinski definition) is 1. The van der Waals surface area contributed by atoms with Gasteiger partial charge < -0.3 is 0 Å². The average molecular weight is 367 g/mol. The summed E-state index contributed by atoms with van der Waals surface area (Å²) in [6.07, 6.45) is 1.58. The molecular weight excluding hydrogens is 346 g/mol. The van der Waals surface area contributed by atoms with Gasteiger partial charge in [-0.1, -0.05) is 48.5 Å². The third-order valence-electron chi connectivity index (χ3n) is 4.13. The molecule has 26 heavy (non-hydrogen) atoms. The van der Waals surface area contributed by atoms with Gasteiger partial charge in [-0.15, -0.1) is 0 Å². The van der Waals surface area contributed by atoms with Crippen molar-refractivity contribution in [3.8, 4) is 5.69 Å². The van der Waals surface area contributed by atoms with E-state index in [1.165, 1.54) is 5.41 Å². The summed E-state index contributed by atoms with van der Waals surface area (Å²) in [6, 6.07) is 19.1. The van der Waals surface area contributed by atoms with Crippen molar-refractivity contribution in [2.45, 2.75) is 20.4 Å². The predicted molar refractivity (Wildman–Crippen MR) is 104 cm³/mol. The first kappa shape index (κ1) is 18.1. The van der Waals surface area contributed by atoms with Gasteiger partial charge in [-0.05, 0) is 37.6 Å². The second kappa shape index (κ2) is 7.68. The Morgan fingerprint density at radius 3 is 2.27 bits per heavy atom. The second-order valence-corrected chi connectivity index (χ2v) is 7.63. The van der Waals surface area contributed by atoms with Gasteiger partial charge in [0.15, 0.2) is 0 Å². The summed E-state index contributed by atoms with van der Waals surface area (Å²) in [4.78, 5) is 0. The predicted octanol–water partition coefficient (Wildman–Crippen LogP) is 3.58. The van der Waals surface area contributed by atoms with Gasteiger partial charge >= 0.3 is 0 Å². The van der Waals surface area contributed by atoms with Gasteiger partial charge in [0.05, 0.1) is 11.4 Å². The monoisotopic (exact) mass is 367 g/mol. The Hall–Kier alpha value is -2.70. The number of aromatic nitrogens is 2. The molecule has 0 bridgehead atoms. The van der Waals surface area contributed by atoms with Gasteiger partial charge in [-0.25, -0.2) is 17.8 Å². The Bertz CT molecular complexity index is 1010. The number of benzene rings is 2. The van der Waals surface area contributed by atoms with Crippen LogP contribution in [0, 0.1) is 13.8 Å². The van der Waals surface area contributed by atoms with Crippen LogP contribution in [0.4, 0.5) is 0 Å². The van der Waals surface area contributed by atoms with E-state index in [1.807, 2.05) is 79.2 Å². The van der Waals surface area contributed by atoms with E-state index in [-0.39, 0.29) is 6.54 Å². The lowest BCUT2D eigenvalue weighted by molar-refractivity contribution is 0.590. The number of hydrogen-bond acceptors (Lipinski definition) is 3. The van der Waals surface area contributed by atoms with Crippen LogP contribution in [0.1, 0.15) is 22.5 Å². The summed E-state index contributed by atoms with van der Waals surface area (Å²) in [5.74, 6) is 0. The highest BCUT2D eigenvalue weighted by molar-refractivity contribution is 7.92. The summed E-state index contributed by atoms with van der Waals surface area (Å²) in [7, 11) is -3.53. The number of nitrogens with one attached hydrogen (secondary N) is 1. The van der Waals surface area contributed by atoms with E-state index < -0.39 is 10.0 Å². The minimum Gasteiger partial charge on any atom is -0.238 e. The van der Waals surface area contributed by atoms with Crippen molar-refractivity contribution in [1.29, 1.82) is 0 Å². The first-order valence-electron chi connectivity index (χ1n) is 8.29. The molecule has 2 aromatic carbocycles. The molecule has 0 saturated heterocycles. The highest BCUT2D eigenvalue weighted by Gasteiger charge is 2.14. The van der Waals surface area contributed by atoms with Crippen LogP contribution in [-0.4, -0.2) is 18.2 Å². The quantitative estimate of drug-likeness (QED) is 0.724. The fourth-order valence-corrected chi connectivity index (χ4v) is 3.48. The number of para-hydroxylation sites is 1. The molecule has 6 heteroatoms. The van der Waals surface area contributed by atoms with Crippen molar-refractivity contribution >= 4 is 16.1 Å². The molecular formula is C20H21N3O2S. The average Bonchev–Trinajstić information content (AvgIpc) is 2.94. The molecule has 0 aliphatic heterocycles. The Labute approximate surface area is 154 Å². The fourth-order valence-electron chi connectivity index (χ4n) is 2.70. The van der Waals surface area contributed by atoms with Crippen LogP contribution in [-0.2, 0) is 16.6 Å². The van der Waals surface area contributed by atoms with Gasteiger partial charge in [0.2, 0.25) is 10.0 Å². The molecule has 0 atom stereocenters. The molecule has 134 valence electrons. The van der Waals surface area contributed by atoms with E-state index in [9.17, 15) is 8.42 Å². The molecule has 1 N–H and O–H groups in total. The zero-order chi connectivity index (χ0) is 18.6. The zero-order valence-corrected chi connectivity index (χ0v) is 15.6.